The van der Waals surface area contributed by atoms with E-state index in [4.69, 9.17) is 5.73 Å². The van der Waals surface area contributed by atoms with E-state index in [0.717, 1.165) is 22.3 Å². The van der Waals surface area contributed by atoms with Gasteiger partial charge in [0.2, 0.25) is 0 Å². The Labute approximate surface area is 103 Å². The molecule has 2 N–H and O–H groups in total. The lowest BCUT2D eigenvalue weighted by Gasteiger charge is -2.02. The van der Waals surface area contributed by atoms with Crippen LogP contribution in [0.2, 0.25) is 0 Å². The summed E-state index contributed by atoms with van der Waals surface area (Å²) in [5, 5.41) is 8.13. The molecule has 1 unspecified atom stereocenters. The van der Waals surface area contributed by atoms with E-state index >= 15 is 0 Å². The first-order valence-corrected chi connectivity index (χ1v) is 5.93. The lowest BCUT2D eigenvalue weighted by atomic mass is 10.2. The van der Waals surface area contributed by atoms with Crippen molar-refractivity contribution >= 4 is 15.9 Å². The maximum atomic E-state index is 5.89. The molecule has 1 atom stereocenters. The van der Waals surface area contributed by atoms with Crippen molar-refractivity contribution in [1.82, 2.24) is 15.0 Å². The number of benzene rings is 1. The quantitative estimate of drug-likeness (QED) is 0.940. The highest BCUT2D eigenvalue weighted by atomic mass is 79.9. The third kappa shape index (κ3) is 2.31. The predicted octanol–water partition coefficient (Wildman–Crippen LogP) is 2.44. The van der Waals surface area contributed by atoms with Crippen LogP contribution in [0, 0.1) is 0 Å². The normalized spacial score (nSPS) is 12.7. The summed E-state index contributed by atoms with van der Waals surface area (Å²) in [6.07, 6.45) is 2.73. The van der Waals surface area contributed by atoms with E-state index in [9.17, 15) is 0 Å². The van der Waals surface area contributed by atoms with E-state index in [1.54, 1.807) is 4.68 Å². The average Bonchev–Trinajstić information content (AvgIpc) is 2.77. The number of aromatic nitrogens is 3. The zero-order chi connectivity index (χ0) is 11.5. The van der Waals surface area contributed by atoms with Crippen LogP contribution in [-0.4, -0.2) is 15.0 Å². The molecule has 0 amide bonds. The molecule has 0 radical (unpaired) electrons. The molecule has 2 rings (SSSR count). The first-order chi connectivity index (χ1) is 7.70. The van der Waals surface area contributed by atoms with Gasteiger partial charge in [-0.1, -0.05) is 34.1 Å². The molecule has 1 aromatic carbocycles. The SMILES string of the molecule is CCC(N)c1cn(-c2cccc(Br)c2)nn1. The summed E-state index contributed by atoms with van der Waals surface area (Å²) in [5.74, 6) is 0. The minimum atomic E-state index is -0.0408. The van der Waals surface area contributed by atoms with Crippen molar-refractivity contribution < 1.29 is 0 Å². The lowest BCUT2D eigenvalue weighted by molar-refractivity contribution is 0.670. The molecular formula is C11H13BrN4. The van der Waals surface area contributed by atoms with Crippen LogP contribution in [0.3, 0.4) is 0 Å². The van der Waals surface area contributed by atoms with Gasteiger partial charge in [0.15, 0.2) is 0 Å². The van der Waals surface area contributed by atoms with Crippen LogP contribution in [0.25, 0.3) is 5.69 Å². The van der Waals surface area contributed by atoms with Crippen molar-refractivity contribution in [2.75, 3.05) is 0 Å². The first kappa shape index (κ1) is 11.3. The van der Waals surface area contributed by atoms with Crippen LogP contribution in [0.4, 0.5) is 0 Å². The third-order valence-corrected chi connectivity index (χ3v) is 2.90. The van der Waals surface area contributed by atoms with E-state index in [1.807, 2.05) is 37.4 Å². The van der Waals surface area contributed by atoms with Crippen molar-refractivity contribution in [3.05, 3.63) is 40.6 Å². The Hall–Kier alpha value is -1.20. The fourth-order valence-electron chi connectivity index (χ4n) is 1.40. The average molecular weight is 281 g/mol. The van der Waals surface area contributed by atoms with E-state index in [2.05, 4.69) is 26.2 Å². The van der Waals surface area contributed by atoms with Crippen molar-refractivity contribution in [3.63, 3.8) is 0 Å². The minimum Gasteiger partial charge on any atom is -0.323 e. The van der Waals surface area contributed by atoms with Crippen LogP contribution >= 0.6 is 15.9 Å². The second kappa shape index (κ2) is 4.76. The van der Waals surface area contributed by atoms with Gasteiger partial charge in [-0.3, -0.25) is 0 Å². The van der Waals surface area contributed by atoms with Gasteiger partial charge >= 0.3 is 0 Å². The molecule has 0 aliphatic rings. The number of halogens is 1. The minimum absolute atomic E-state index is 0.0408. The van der Waals surface area contributed by atoms with Crippen LogP contribution in [0.1, 0.15) is 25.1 Å². The van der Waals surface area contributed by atoms with Gasteiger partial charge in [0.1, 0.15) is 0 Å². The predicted molar refractivity (Wildman–Crippen MR) is 66.3 cm³/mol. The Bertz CT molecular complexity index is 480. The van der Waals surface area contributed by atoms with Gasteiger partial charge in [-0.05, 0) is 24.6 Å². The first-order valence-electron chi connectivity index (χ1n) is 5.14. The summed E-state index contributed by atoms with van der Waals surface area (Å²) < 4.78 is 2.75. The maximum Gasteiger partial charge on any atom is 0.0998 e. The monoisotopic (exact) mass is 280 g/mol. The van der Waals surface area contributed by atoms with Crippen LogP contribution < -0.4 is 5.73 Å². The molecule has 2 aromatic rings. The number of hydrogen-bond donors (Lipinski definition) is 1. The number of hydrogen-bond acceptors (Lipinski definition) is 3. The lowest BCUT2D eigenvalue weighted by Crippen LogP contribution is -2.08. The summed E-state index contributed by atoms with van der Waals surface area (Å²) in [4.78, 5) is 0. The maximum absolute atomic E-state index is 5.89. The van der Waals surface area contributed by atoms with Crippen molar-refractivity contribution in [3.8, 4) is 5.69 Å². The fraction of sp³-hybridized carbons (Fsp3) is 0.273. The van der Waals surface area contributed by atoms with Gasteiger partial charge in [-0.15, -0.1) is 5.10 Å². The number of nitrogens with two attached hydrogens (primary N) is 1. The third-order valence-electron chi connectivity index (χ3n) is 2.40. The van der Waals surface area contributed by atoms with E-state index in [-0.39, 0.29) is 6.04 Å². The Morgan fingerprint density at radius 3 is 3.00 bits per heavy atom. The Morgan fingerprint density at radius 1 is 1.50 bits per heavy atom. The van der Waals surface area contributed by atoms with E-state index in [1.165, 1.54) is 0 Å². The molecule has 0 spiro atoms. The van der Waals surface area contributed by atoms with Gasteiger partial charge < -0.3 is 5.73 Å². The zero-order valence-corrected chi connectivity index (χ0v) is 10.6. The second-order valence-electron chi connectivity index (χ2n) is 3.58. The van der Waals surface area contributed by atoms with Crippen LogP contribution in [-0.2, 0) is 0 Å². The standard InChI is InChI=1S/C11H13BrN4/c1-2-10(13)11-7-16(15-14-11)9-5-3-4-8(12)6-9/h3-7,10H,2,13H2,1H3. The largest absolute Gasteiger partial charge is 0.323 e. The van der Waals surface area contributed by atoms with Gasteiger partial charge in [0.25, 0.3) is 0 Å². The molecule has 0 aliphatic carbocycles. The molecule has 1 heterocycles. The molecule has 4 nitrogen and oxygen atoms in total. The van der Waals surface area contributed by atoms with Gasteiger partial charge in [0.05, 0.1) is 23.6 Å². The van der Waals surface area contributed by atoms with Gasteiger partial charge in [0, 0.05) is 4.47 Å². The van der Waals surface area contributed by atoms with Crippen molar-refractivity contribution in [2.24, 2.45) is 5.73 Å². The topological polar surface area (TPSA) is 56.7 Å². The summed E-state index contributed by atoms with van der Waals surface area (Å²) >= 11 is 3.42. The Morgan fingerprint density at radius 2 is 2.31 bits per heavy atom. The molecule has 84 valence electrons. The highest BCUT2D eigenvalue weighted by Gasteiger charge is 2.08. The number of rotatable bonds is 3. The Balaban J connectivity index is 2.31. The molecule has 0 aliphatic heterocycles. The van der Waals surface area contributed by atoms with Crippen LogP contribution in [0.5, 0.6) is 0 Å². The molecule has 16 heavy (non-hydrogen) atoms. The molecule has 0 saturated heterocycles. The zero-order valence-electron chi connectivity index (χ0n) is 8.97. The molecule has 1 aromatic heterocycles. The molecule has 0 saturated carbocycles. The van der Waals surface area contributed by atoms with Crippen LogP contribution in [0.15, 0.2) is 34.9 Å². The fourth-order valence-corrected chi connectivity index (χ4v) is 1.79. The molecule has 0 bridgehead atoms. The molecular weight excluding hydrogens is 268 g/mol. The van der Waals surface area contributed by atoms with Crippen molar-refractivity contribution in [1.29, 1.82) is 0 Å². The summed E-state index contributed by atoms with van der Waals surface area (Å²) in [5.41, 5.74) is 7.68. The van der Waals surface area contributed by atoms with E-state index < -0.39 is 0 Å². The summed E-state index contributed by atoms with van der Waals surface area (Å²) in [7, 11) is 0. The van der Waals surface area contributed by atoms with E-state index in [0.29, 0.717) is 0 Å². The molecule has 5 heteroatoms. The number of nitrogens with zero attached hydrogens (tertiary/aromatic N) is 3. The smallest absolute Gasteiger partial charge is 0.0998 e. The summed E-state index contributed by atoms with van der Waals surface area (Å²) in [6.45, 7) is 2.03. The second-order valence-corrected chi connectivity index (χ2v) is 4.50. The van der Waals surface area contributed by atoms with Gasteiger partial charge in [-0.25, -0.2) is 4.68 Å². The Kier molecular flexibility index (Phi) is 3.36. The highest BCUT2D eigenvalue weighted by Crippen LogP contribution is 2.16. The summed E-state index contributed by atoms with van der Waals surface area (Å²) in [6, 6.07) is 7.84. The van der Waals surface area contributed by atoms with Crippen molar-refractivity contribution in [2.45, 2.75) is 19.4 Å². The molecule has 0 fully saturated rings. The highest BCUT2D eigenvalue weighted by molar-refractivity contribution is 9.10. The van der Waals surface area contributed by atoms with Gasteiger partial charge in [-0.2, -0.15) is 0 Å².